The second-order valence-electron chi connectivity index (χ2n) is 9.38. The van der Waals surface area contributed by atoms with E-state index in [4.69, 9.17) is 26.2 Å². The summed E-state index contributed by atoms with van der Waals surface area (Å²) in [6.07, 6.45) is 0. The molecule has 0 bridgehead atoms. The summed E-state index contributed by atoms with van der Waals surface area (Å²) in [5.74, 6) is 0.214. The zero-order chi connectivity index (χ0) is 26.4. The molecule has 1 fully saturated rings. The predicted octanol–water partition coefficient (Wildman–Crippen LogP) is 4.27. The van der Waals surface area contributed by atoms with Crippen LogP contribution in [0.1, 0.15) is 34.5 Å². The van der Waals surface area contributed by atoms with Gasteiger partial charge in [-0.05, 0) is 42.3 Å². The molecule has 3 aromatic rings. The Morgan fingerprint density at radius 3 is 2.46 bits per heavy atom. The van der Waals surface area contributed by atoms with Crippen molar-refractivity contribution in [2.45, 2.75) is 18.6 Å². The number of carbonyl (C=O) groups excluding carboxylic acids is 1. The monoisotopic (exact) mass is 524 g/mol. The predicted molar refractivity (Wildman–Crippen MR) is 144 cm³/mol. The van der Waals surface area contributed by atoms with Crippen LogP contribution in [0, 0.1) is 0 Å². The van der Waals surface area contributed by atoms with Crippen molar-refractivity contribution in [3.05, 3.63) is 94.5 Å². The number of hydrogen-bond donors (Lipinski definition) is 2. The summed E-state index contributed by atoms with van der Waals surface area (Å²) in [6, 6.07) is 22.8. The molecular formula is C29H33ClN2O5. The minimum atomic E-state index is -1.11. The lowest BCUT2D eigenvalue weighted by atomic mass is 9.93. The van der Waals surface area contributed by atoms with Crippen LogP contribution < -0.4 is 9.64 Å². The molecule has 1 heterocycles. The molecule has 7 nitrogen and oxygen atoms in total. The van der Waals surface area contributed by atoms with Crippen molar-refractivity contribution < 1.29 is 24.5 Å². The Morgan fingerprint density at radius 1 is 1.08 bits per heavy atom. The van der Waals surface area contributed by atoms with Gasteiger partial charge in [0.15, 0.2) is 0 Å². The fraction of sp³-hybridized carbons (Fsp3) is 0.345. The Morgan fingerprint density at radius 2 is 1.81 bits per heavy atom. The molecule has 2 atom stereocenters. The number of halogens is 1. The lowest BCUT2D eigenvalue weighted by Gasteiger charge is -2.45. The maximum absolute atomic E-state index is 11.8. The normalized spacial score (nSPS) is 17.8. The summed E-state index contributed by atoms with van der Waals surface area (Å²) in [5, 5.41) is 21.0. The zero-order valence-corrected chi connectivity index (χ0v) is 21.9. The van der Waals surface area contributed by atoms with Crippen LogP contribution in [0.3, 0.4) is 0 Å². The van der Waals surface area contributed by atoms with E-state index in [1.165, 1.54) is 7.11 Å². The third kappa shape index (κ3) is 6.43. The van der Waals surface area contributed by atoms with Gasteiger partial charge in [0.25, 0.3) is 0 Å². The van der Waals surface area contributed by atoms with Crippen LogP contribution in [-0.4, -0.2) is 67.6 Å². The Labute approximate surface area is 222 Å². The van der Waals surface area contributed by atoms with E-state index in [0.717, 1.165) is 23.4 Å². The van der Waals surface area contributed by atoms with Crippen molar-refractivity contribution >= 4 is 23.3 Å². The molecule has 4 rings (SSSR count). The Balaban J connectivity index is 1.54. The Bertz CT molecular complexity index is 1190. The summed E-state index contributed by atoms with van der Waals surface area (Å²) >= 11 is 6.69. The van der Waals surface area contributed by atoms with Gasteiger partial charge in [0.1, 0.15) is 12.4 Å². The maximum atomic E-state index is 11.8. The quantitative estimate of drug-likeness (QED) is 0.404. The number of benzene rings is 3. The number of piperazine rings is 1. The molecular weight excluding hydrogens is 492 g/mol. The van der Waals surface area contributed by atoms with E-state index in [2.05, 4.69) is 21.9 Å². The molecule has 1 saturated heterocycles. The van der Waals surface area contributed by atoms with Crippen molar-refractivity contribution in [1.29, 1.82) is 0 Å². The van der Waals surface area contributed by atoms with Crippen molar-refractivity contribution in [3.63, 3.8) is 0 Å². The summed E-state index contributed by atoms with van der Waals surface area (Å²) in [7, 11) is 1.35. The number of carbonyl (C=O) groups is 1. The van der Waals surface area contributed by atoms with E-state index in [1.807, 2.05) is 30.3 Å². The largest absolute Gasteiger partial charge is 0.491 e. The minimum Gasteiger partial charge on any atom is -0.491 e. The highest BCUT2D eigenvalue weighted by Gasteiger charge is 2.34. The van der Waals surface area contributed by atoms with E-state index in [1.54, 1.807) is 37.3 Å². The first-order valence-electron chi connectivity index (χ1n) is 12.3. The van der Waals surface area contributed by atoms with Gasteiger partial charge in [-0.3, -0.25) is 4.90 Å². The summed E-state index contributed by atoms with van der Waals surface area (Å²) in [5.41, 5.74) is 2.15. The molecule has 0 amide bonds. The fourth-order valence-corrected chi connectivity index (χ4v) is 5.09. The number of nitrogens with zero attached hydrogens (tertiary/aromatic N) is 2. The fourth-order valence-electron chi connectivity index (χ4n) is 4.82. The molecule has 1 aliphatic rings. The number of aliphatic hydroxyl groups excluding tert-OH is 1. The summed E-state index contributed by atoms with van der Waals surface area (Å²) in [4.78, 5) is 16.3. The van der Waals surface area contributed by atoms with Crippen molar-refractivity contribution in [1.82, 2.24) is 4.90 Å². The molecule has 0 radical (unpaired) electrons. The van der Waals surface area contributed by atoms with E-state index in [-0.39, 0.29) is 19.3 Å². The van der Waals surface area contributed by atoms with E-state index in [0.29, 0.717) is 36.0 Å². The third-order valence-corrected chi connectivity index (χ3v) is 7.00. The van der Waals surface area contributed by atoms with Gasteiger partial charge in [-0.1, -0.05) is 54.1 Å². The first-order chi connectivity index (χ1) is 17.8. The topological polar surface area (TPSA) is 82.5 Å². The third-order valence-electron chi connectivity index (χ3n) is 6.70. The smallest absolute Gasteiger partial charge is 0.337 e. The first kappa shape index (κ1) is 26.9. The number of β-amino-alcohol motifs (C(OH)–C–C–N with tert-alkyl or cyclic N) is 1. The second kappa shape index (κ2) is 12.0. The minimum absolute atomic E-state index is 0.0224. The average Bonchev–Trinajstić information content (AvgIpc) is 2.92. The molecule has 0 aliphatic carbocycles. The van der Waals surface area contributed by atoms with Gasteiger partial charge in [-0.15, -0.1) is 0 Å². The van der Waals surface area contributed by atoms with E-state index in [9.17, 15) is 9.90 Å². The van der Waals surface area contributed by atoms with Crippen molar-refractivity contribution in [2.75, 3.05) is 51.4 Å². The highest BCUT2D eigenvalue weighted by atomic mass is 35.5. The molecule has 196 valence electrons. The second-order valence-corrected chi connectivity index (χ2v) is 9.79. The van der Waals surface area contributed by atoms with Crippen molar-refractivity contribution in [3.8, 4) is 5.75 Å². The molecule has 0 spiro atoms. The number of ether oxygens (including phenoxy) is 2. The van der Waals surface area contributed by atoms with Gasteiger partial charge in [0, 0.05) is 32.2 Å². The zero-order valence-electron chi connectivity index (χ0n) is 21.1. The highest BCUT2D eigenvalue weighted by molar-refractivity contribution is 6.33. The molecule has 2 N–H and O–H groups in total. The first-order valence-corrected chi connectivity index (χ1v) is 12.7. The van der Waals surface area contributed by atoms with Crippen LogP contribution in [0.4, 0.5) is 5.69 Å². The molecule has 1 aliphatic heterocycles. The summed E-state index contributed by atoms with van der Waals surface area (Å²) in [6.45, 7) is 4.53. The van der Waals surface area contributed by atoms with Crippen molar-refractivity contribution in [2.24, 2.45) is 0 Å². The number of anilines is 1. The lowest BCUT2D eigenvalue weighted by Crippen LogP contribution is -2.52. The van der Waals surface area contributed by atoms with Gasteiger partial charge >= 0.3 is 5.97 Å². The van der Waals surface area contributed by atoms with Crippen LogP contribution in [0.2, 0.25) is 5.02 Å². The number of aliphatic hydroxyl groups is 2. The Kier molecular flexibility index (Phi) is 8.71. The molecule has 0 aromatic heterocycles. The van der Waals surface area contributed by atoms with Gasteiger partial charge in [-0.25, -0.2) is 4.79 Å². The van der Waals surface area contributed by atoms with Crippen LogP contribution in [-0.2, 0) is 10.3 Å². The molecule has 37 heavy (non-hydrogen) atoms. The molecule has 1 unspecified atom stereocenters. The van der Waals surface area contributed by atoms with Crippen LogP contribution >= 0.6 is 11.6 Å². The number of esters is 1. The summed E-state index contributed by atoms with van der Waals surface area (Å²) < 4.78 is 10.3. The van der Waals surface area contributed by atoms with Gasteiger partial charge < -0.3 is 24.6 Å². The molecule has 8 heteroatoms. The number of hydrogen-bond acceptors (Lipinski definition) is 7. The lowest BCUT2D eigenvalue weighted by molar-refractivity contribution is 0.0102. The molecule has 0 saturated carbocycles. The maximum Gasteiger partial charge on any atom is 0.337 e. The Hall–Kier alpha value is -3.10. The van der Waals surface area contributed by atoms with Gasteiger partial charge in [-0.2, -0.15) is 0 Å². The number of rotatable bonds is 9. The average molecular weight is 525 g/mol. The number of methoxy groups -OCH3 is 1. The van der Waals surface area contributed by atoms with Crippen LogP contribution in [0.25, 0.3) is 0 Å². The SMILES string of the molecule is COC(=O)c1ccc([C@](C)(O)CN2CCN(c3ccc(OCCO)cc3Cl)C(c3ccccc3)C2)cc1. The highest BCUT2D eigenvalue weighted by Crippen LogP contribution is 2.37. The molecule has 3 aromatic carbocycles. The van der Waals surface area contributed by atoms with Crippen LogP contribution in [0.15, 0.2) is 72.8 Å². The van der Waals surface area contributed by atoms with Gasteiger partial charge in [0.2, 0.25) is 0 Å². The van der Waals surface area contributed by atoms with Crippen LogP contribution in [0.5, 0.6) is 5.75 Å². The van der Waals surface area contributed by atoms with Gasteiger partial charge in [0.05, 0.1) is 41.6 Å². The standard InChI is InChI=1S/C29H33ClN2O5/c1-29(35,23-10-8-22(9-11-23)28(34)36-2)20-31-14-15-32(27(19-31)21-6-4-3-5-7-21)26-13-12-24(18-25(26)30)37-17-16-33/h3-13,18,27,33,35H,14-17,19-20H2,1-2H3/t27?,29-/m1/s1. The van der Waals surface area contributed by atoms with E-state index < -0.39 is 11.6 Å². The van der Waals surface area contributed by atoms with E-state index >= 15 is 0 Å².